The highest BCUT2D eigenvalue weighted by molar-refractivity contribution is 5.98. The third kappa shape index (κ3) is 5.32. The first-order valence-electron chi connectivity index (χ1n) is 9.22. The minimum atomic E-state index is -4.58. The van der Waals surface area contributed by atoms with Gasteiger partial charge in [-0.3, -0.25) is 9.59 Å². The number of ether oxygens (including phenoxy) is 2. The first-order chi connectivity index (χ1) is 14.3. The fourth-order valence-corrected chi connectivity index (χ4v) is 3.09. The van der Waals surface area contributed by atoms with Crippen molar-refractivity contribution in [2.45, 2.75) is 19.1 Å². The number of hydrogen-bond donors (Lipinski definition) is 1. The molecule has 30 heavy (non-hydrogen) atoms. The van der Waals surface area contributed by atoms with Crippen LogP contribution < -0.4 is 10.1 Å². The molecule has 2 heterocycles. The smallest absolute Gasteiger partial charge is 0.416 e. The summed E-state index contributed by atoms with van der Waals surface area (Å²) >= 11 is 0. The number of nitrogens with zero attached hydrogens (tertiary/aromatic N) is 1. The van der Waals surface area contributed by atoms with Crippen LogP contribution in [0, 0.1) is 5.92 Å². The number of rotatable bonds is 8. The number of amides is 2. The van der Waals surface area contributed by atoms with Crippen LogP contribution in [-0.4, -0.2) is 43.6 Å². The summed E-state index contributed by atoms with van der Waals surface area (Å²) in [4.78, 5) is 26.4. The Morgan fingerprint density at radius 3 is 2.77 bits per heavy atom. The molecule has 1 aromatic carbocycles. The van der Waals surface area contributed by atoms with Crippen LogP contribution >= 0.6 is 0 Å². The quantitative estimate of drug-likeness (QED) is 0.655. The summed E-state index contributed by atoms with van der Waals surface area (Å²) < 4.78 is 54.8. The molecule has 162 valence electrons. The Bertz CT molecular complexity index is 883. The molecule has 0 saturated carbocycles. The van der Waals surface area contributed by atoms with Crippen LogP contribution in [0.5, 0.6) is 5.75 Å². The van der Waals surface area contributed by atoms with Crippen LogP contribution in [0.4, 0.5) is 18.9 Å². The van der Waals surface area contributed by atoms with E-state index in [1.165, 1.54) is 18.3 Å². The van der Waals surface area contributed by atoms with Crippen molar-refractivity contribution in [3.05, 3.63) is 47.9 Å². The second kappa shape index (κ2) is 9.21. The Morgan fingerprint density at radius 2 is 2.10 bits per heavy atom. The first kappa shape index (κ1) is 21.7. The second-order valence-corrected chi connectivity index (χ2v) is 6.79. The van der Waals surface area contributed by atoms with Gasteiger partial charge in [-0.25, -0.2) is 0 Å². The number of furan rings is 1. The zero-order chi connectivity index (χ0) is 21.7. The topological polar surface area (TPSA) is 81.0 Å². The lowest BCUT2D eigenvalue weighted by Crippen LogP contribution is -2.28. The molecule has 0 bridgehead atoms. The summed E-state index contributed by atoms with van der Waals surface area (Å²) in [6.45, 7) is 0.700. The van der Waals surface area contributed by atoms with Gasteiger partial charge in [-0.05, 0) is 30.3 Å². The number of halogens is 3. The number of carbonyl (C=O) groups excluding carboxylic acids is 2. The van der Waals surface area contributed by atoms with Gasteiger partial charge in [0.05, 0.1) is 36.6 Å². The van der Waals surface area contributed by atoms with Gasteiger partial charge in [0.2, 0.25) is 11.8 Å². The molecule has 1 aliphatic rings. The first-order valence-corrected chi connectivity index (χ1v) is 9.22. The lowest BCUT2D eigenvalue weighted by Gasteiger charge is -2.17. The monoisotopic (exact) mass is 426 g/mol. The molecule has 1 aromatic heterocycles. The summed E-state index contributed by atoms with van der Waals surface area (Å²) in [5.74, 6) is -0.816. The van der Waals surface area contributed by atoms with Crippen molar-refractivity contribution in [3.63, 3.8) is 0 Å². The van der Waals surface area contributed by atoms with E-state index in [2.05, 4.69) is 5.32 Å². The predicted molar refractivity (Wildman–Crippen MR) is 99.7 cm³/mol. The van der Waals surface area contributed by atoms with Gasteiger partial charge >= 0.3 is 6.18 Å². The third-order valence-electron chi connectivity index (χ3n) is 4.62. The Hall–Kier alpha value is -3.01. The van der Waals surface area contributed by atoms with Crippen LogP contribution in [0.3, 0.4) is 0 Å². The Morgan fingerprint density at radius 1 is 1.30 bits per heavy atom. The Labute approximate surface area is 170 Å². The normalized spacial score (nSPS) is 16.7. The average molecular weight is 426 g/mol. The maximum Gasteiger partial charge on any atom is 0.416 e. The van der Waals surface area contributed by atoms with Crippen molar-refractivity contribution in [1.29, 1.82) is 0 Å². The van der Waals surface area contributed by atoms with E-state index in [0.717, 1.165) is 18.2 Å². The molecule has 1 N–H and O–H groups in total. The van der Waals surface area contributed by atoms with E-state index in [1.807, 2.05) is 0 Å². The van der Waals surface area contributed by atoms with E-state index >= 15 is 0 Å². The van der Waals surface area contributed by atoms with Crippen molar-refractivity contribution >= 4 is 17.5 Å². The maximum atomic E-state index is 13.1. The van der Waals surface area contributed by atoms with Gasteiger partial charge in [0.15, 0.2) is 0 Å². The summed E-state index contributed by atoms with van der Waals surface area (Å²) in [5, 5.41) is 2.48. The largest absolute Gasteiger partial charge is 0.489 e. The highest BCUT2D eigenvalue weighted by atomic mass is 19.4. The molecule has 1 unspecified atom stereocenters. The number of methoxy groups -OCH3 is 1. The number of anilines is 1. The molecule has 3 rings (SSSR count). The van der Waals surface area contributed by atoms with E-state index in [4.69, 9.17) is 13.9 Å². The molecular weight excluding hydrogens is 405 g/mol. The SMILES string of the molecule is COCCOc1ccc(C(F)(F)F)cc1NC(=O)C1CC(=O)N(Cc2ccco2)C1. The molecule has 7 nitrogen and oxygen atoms in total. The molecule has 1 fully saturated rings. The van der Waals surface area contributed by atoms with Crippen molar-refractivity contribution in [1.82, 2.24) is 4.90 Å². The minimum Gasteiger partial charge on any atom is -0.489 e. The van der Waals surface area contributed by atoms with Gasteiger partial charge in [0.25, 0.3) is 0 Å². The van der Waals surface area contributed by atoms with Crippen LogP contribution in [0.1, 0.15) is 17.7 Å². The molecule has 1 aliphatic heterocycles. The summed E-state index contributed by atoms with van der Waals surface area (Å²) in [7, 11) is 1.46. The highest BCUT2D eigenvalue weighted by Gasteiger charge is 2.36. The van der Waals surface area contributed by atoms with Gasteiger partial charge in [-0.2, -0.15) is 13.2 Å². The highest BCUT2D eigenvalue weighted by Crippen LogP contribution is 2.35. The van der Waals surface area contributed by atoms with Crippen LogP contribution in [0.2, 0.25) is 0 Å². The van der Waals surface area contributed by atoms with Gasteiger partial charge in [-0.15, -0.1) is 0 Å². The van der Waals surface area contributed by atoms with Crippen molar-refractivity contribution in [2.75, 3.05) is 32.2 Å². The summed E-state index contributed by atoms with van der Waals surface area (Å²) in [6.07, 6.45) is -3.13. The predicted octanol–water partition coefficient (Wildman–Crippen LogP) is 3.31. The van der Waals surface area contributed by atoms with Crippen LogP contribution in [0.15, 0.2) is 41.0 Å². The van der Waals surface area contributed by atoms with E-state index in [9.17, 15) is 22.8 Å². The number of alkyl halides is 3. The number of likely N-dealkylation sites (tertiary alicyclic amines) is 1. The average Bonchev–Trinajstić information content (AvgIpc) is 3.33. The van der Waals surface area contributed by atoms with Crippen LogP contribution in [0.25, 0.3) is 0 Å². The standard InChI is InChI=1S/C20H21F3N2O5/c1-28-7-8-30-17-5-4-14(20(21,22)23)10-16(17)24-19(27)13-9-18(26)25(11-13)12-15-3-2-6-29-15/h2-6,10,13H,7-9,11-12H2,1H3,(H,24,27). The van der Waals surface area contributed by atoms with E-state index in [0.29, 0.717) is 5.76 Å². The van der Waals surface area contributed by atoms with E-state index < -0.39 is 23.6 Å². The molecule has 1 atom stereocenters. The zero-order valence-corrected chi connectivity index (χ0v) is 16.2. The van der Waals surface area contributed by atoms with Crippen molar-refractivity contribution < 1.29 is 36.7 Å². The molecule has 0 radical (unpaired) electrons. The lowest BCUT2D eigenvalue weighted by atomic mass is 10.1. The van der Waals surface area contributed by atoms with Gasteiger partial charge in [0.1, 0.15) is 18.1 Å². The number of hydrogen-bond acceptors (Lipinski definition) is 5. The summed E-state index contributed by atoms with van der Waals surface area (Å²) in [6, 6.07) is 6.25. The Balaban J connectivity index is 1.71. The molecule has 1 saturated heterocycles. The molecule has 2 aromatic rings. The number of benzene rings is 1. The van der Waals surface area contributed by atoms with Crippen molar-refractivity contribution in [2.24, 2.45) is 5.92 Å². The maximum absolute atomic E-state index is 13.1. The summed E-state index contributed by atoms with van der Waals surface area (Å²) in [5.41, 5.74) is -1.03. The number of nitrogens with one attached hydrogen (secondary N) is 1. The van der Waals surface area contributed by atoms with E-state index in [1.54, 1.807) is 12.1 Å². The van der Waals surface area contributed by atoms with Gasteiger partial charge < -0.3 is 24.1 Å². The zero-order valence-electron chi connectivity index (χ0n) is 16.2. The molecule has 0 aliphatic carbocycles. The van der Waals surface area contributed by atoms with Gasteiger partial charge in [-0.1, -0.05) is 0 Å². The third-order valence-corrected chi connectivity index (χ3v) is 4.62. The fourth-order valence-electron chi connectivity index (χ4n) is 3.09. The molecular formula is C20H21F3N2O5. The van der Waals surface area contributed by atoms with Crippen LogP contribution in [-0.2, 0) is 27.0 Å². The lowest BCUT2D eigenvalue weighted by molar-refractivity contribution is -0.137. The Kier molecular flexibility index (Phi) is 6.66. The van der Waals surface area contributed by atoms with E-state index in [-0.39, 0.29) is 50.1 Å². The number of carbonyl (C=O) groups is 2. The van der Waals surface area contributed by atoms with Crippen molar-refractivity contribution in [3.8, 4) is 5.75 Å². The second-order valence-electron chi connectivity index (χ2n) is 6.79. The fraction of sp³-hybridized carbons (Fsp3) is 0.400. The molecule has 2 amide bonds. The molecule has 10 heteroatoms. The minimum absolute atomic E-state index is 0.0363. The molecule has 0 spiro atoms. The van der Waals surface area contributed by atoms with Gasteiger partial charge in [0, 0.05) is 20.1 Å².